The molecule has 1 unspecified atom stereocenters. The first-order chi connectivity index (χ1) is 10.1. The van der Waals surface area contributed by atoms with Crippen LogP contribution in [-0.4, -0.2) is 12.1 Å². The molecule has 0 saturated carbocycles. The van der Waals surface area contributed by atoms with Crippen LogP contribution >= 0.6 is 0 Å². The van der Waals surface area contributed by atoms with Gasteiger partial charge in [0.05, 0.1) is 7.11 Å². The maximum Gasteiger partial charge on any atom is 0.119 e. The molecule has 1 atom stereocenters. The van der Waals surface area contributed by atoms with Crippen LogP contribution in [0.2, 0.25) is 0 Å². The first-order valence-electron chi connectivity index (χ1n) is 7.55. The highest BCUT2D eigenvalue weighted by atomic mass is 16.5. The third kappa shape index (κ3) is 2.66. The van der Waals surface area contributed by atoms with Crippen molar-refractivity contribution in [3.63, 3.8) is 0 Å². The van der Waals surface area contributed by atoms with Gasteiger partial charge >= 0.3 is 0 Å². The van der Waals surface area contributed by atoms with Crippen molar-refractivity contribution >= 4 is 0 Å². The number of benzene rings is 1. The molecule has 0 spiro atoms. The molecule has 110 valence electrons. The van der Waals surface area contributed by atoms with Gasteiger partial charge in [-0.05, 0) is 54.2 Å². The predicted octanol–water partition coefficient (Wildman–Crippen LogP) is 3.00. The SMILES string of the molecule is CCc1ccc(CC2(N)CCc3ccc(OC)cc32)nc1. The average Bonchev–Trinajstić information content (AvgIpc) is 2.84. The molecule has 0 bridgehead atoms. The number of hydrogen-bond acceptors (Lipinski definition) is 3. The van der Waals surface area contributed by atoms with Crippen molar-refractivity contribution < 1.29 is 4.74 Å². The summed E-state index contributed by atoms with van der Waals surface area (Å²) in [6.45, 7) is 2.14. The predicted molar refractivity (Wildman–Crippen MR) is 84.5 cm³/mol. The molecule has 1 aromatic carbocycles. The van der Waals surface area contributed by atoms with E-state index in [1.54, 1.807) is 7.11 Å². The van der Waals surface area contributed by atoms with E-state index in [-0.39, 0.29) is 5.54 Å². The van der Waals surface area contributed by atoms with Gasteiger partial charge in [-0.1, -0.05) is 19.1 Å². The van der Waals surface area contributed by atoms with Crippen LogP contribution in [0.5, 0.6) is 5.75 Å². The normalized spacial score (nSPS) is 20.3. The average molecular weight is 282 g/mol. The standard InChI is InChI=1S/C18H22N2O/c1-3-13-4-6-15(20-12-13)11-18(19)9-8-14-5-7-16(21-2)10-17(14)18/h4-7,10,12H,3,8-9,11,19H2,1-2H3. The molecule has 3 heteroatoms. The van der Waals surface area contributed by atoms with Crippen molar-refractivity contribution in [1.82, 2.24) is 4.98 Å². The molecule has 0 aliphatic heterocycles. The maximum atomic E-state index is 6.70. The van der Waals surface area contributed by atoms with E-state index in [0.29, 0.717) is 0 Å². The number of nitrogens with zero attached hydrogens (tertiary/aromatic N) is 1. The summed E-state index contributed by atoms with van der Waals surface area (Å²) >= 11 is 0. The maximum absolute atomic E-state index is 6.70. The van der Waals surface area contributed by atoms with Gasteiger partial charge in [0.25, 0.3) is 0 Å². The third-order valence-corrected chi connectivity index (χ3v) is 4.48. The van der Waals surface area contributed by atoms with E-state index >= 15 is 0 Å². The van der Waals surface area contributed by atoms with E-state index in [0.717, 1.165) is 37.1 Å². The second-order valence-corrected chi connectivity index (χ2v) is 5.87. The molecule has 0 saturated heterocycles. The Hall–Kier alpha value is -1.87. The molecule has 3 rings (SSSR count). The molecule has 0 radical (unpaired) electrons. The molecular weight excluding hydrogens is 260 g/mol. The number of hydrogen-bond donors (Lipinski definition) is 1. The number of ether oxygens (including phenoxy) is 1. The van der Waals surface area contributed by atoms with Gasteiger partial charge in [-0.25, -0.2) is 0 Å². The van der Waals surface area contributed by atoms with Crippen molar-refractivity contribution in [2.75, 3.05) is 7.11 Å². The lowest BCUT2D eigenvalue weighted by atomic mass is 9.87. The van der Waals surface area contributed by atoms with Crippen molar-refractivity contribution in [2.45, 2.75) is 38.1 Å². The van der Waals surface area contributed by atoms with Crippen LogP contribution in [-0.2, 0) is 24.8 Å². The number of rotatable bonds is 4. The Morgan fingerprint density at radius 3 is 2.81 bits per heavy atom. The molecule has 0 fully saturated rings. The fourth-order valence-electron chi connectivity index (χ4n) is 3.13. The van der Waals surface area contributed by atoms with Crippen LogP contribution < -0.4 is 10.5 Å². The van der Waals surface area contributed by atoms with Gasteiger partial charge < -0.3 is 10.5 Å². The van der Waals surface area contributed by atoms with E-state index in [4.69, 9.17) is 10.5 Å². The van der Waals surface area contributed by atoms with E-state index in [2.05, 4.69) is 36.2 Å². The van der Waals surface area contributed by atoms with Crippen molar-refractivity contribution in [1.29, 1.82) is 0 Å². The third-order valence-electron chi connectivity index (χ3n) is 4.48. The Morgan fingerprint density at radius 2 is 2.14 bits per heavy atom. The van der Waals surface area contributed by atoms with Crippen LogP contribution in [0.3, 0.4) is 0 Å². The van der Waals surface area contributed by atoms with Crippen molar-refractivity contribution in [2.24, 2.45) is 5.73 Å². The number of aromatic nitrogens is 1. The molecule has 1 aliphatic carbocycles. The summed E-state index contributed by atoms with van der Waals surface area (Å²) in [5.74, 6) is 0.875. The number of pyridine rings is 1. The second-order valence-electron chi connectivity index (χ2n) is 5.87. The fourth-order valence-corrected chi connectivity index (χ4v) is 3.13. The van der Waals surface area contributed by atoms with E-state index in [9.17, 15) is 0 Å². The van der Waals surface area contributed by atoms with E-state index in [1.807, 2.05) is 12.3 Å². The summed E-state index contributed by atoms with van der Waals surface area (Å²) in [5, 5.41) is 0. The summed E-state index contributed by atoms with van der Waals surface area (Å²) in [7, 11) is 1.69. The molecule has 2 N–H and O–H groups in total. The van der Waals surface area contributed by atoms with Crippen molar-refractivity contribution in [3.05, 3.63) is 58.9 Å². The second kappa shape index (κ2) is 5.49. The van der Waals surface area contributed by atoms with Gasteiger partial charge in [-0.2, -0.15) is 0 Å². The lowest BCUT2D eigenvalue weighted by Gasteiger charge is -2.25. The molecule has 1 aromatic heterocycles. The molecule has 1 heterocycles. The first-order valence-corrected chi connectivity index (χ1v) is 7.55. The quantitative estimate of drug-likeness (QED) is 0.937. The topological polar surface area (TPSA) is 48.1 Å². The zero-order chi connectivity index (χ0) is 14.9. The van der Waals surface area contributed by atoms with Gasteiger partial charge in [0.1, 0.15) is 5.75 Å². The van der Waals surface area contributed by atoms with E-state index < -0.39 is 0 Å². The van der Waals surface area contributed by atoms with Crippen molar-refractivity contribution in [3.8, 4) is 5.75 Å². The summed E-state index contributed by atoms with van der Waals surface area (Å²) < 4.78 is 5.34. The van der Waals surface area contributed by atoms with Gasteiger partial charge in [0.15, 0.2) is 0 Å². The minimum absolute atomic E-state index is 0.329. The number of nitrogens with two attached hydrogens (primary N) is 1. The van der Waals surface area contributed by atoms with Crippen LogP contribution in [0.1, 0.15) is 35.7 Å². The monoisotopic (exact) mass is 282 g/mol. The van der Waals surface area contributed by atoms with Crippen LogP contribution in [0, 0.1) is 0 Å². The van der Waals surface area contributed by atoms with E-state index in [1.165, 1.54) is 16.7 Å². The van der Waals surface area contributed by atoms with Crippen LogP contribution in [0.25, 0.3) is 0 Å². The number of aryl methyl sites for hydroxylation is 2. The van der Waals surface area contributed by atoms with Gasteiger partial charge in [0.2, 0.25) is 0 Å². The summed E-state index contributed by atoms with van der Waals surface area (Å²) in [6.07, 6.45) is 5.74. The molecule has 1 aliphatic rings. The first kappa shape index (κ1) is 14.1. The van der Waals surface area contributed by atoms with Gasteiger partial charge in [-0.15, -0.1) is 0 Å². The zero-order valence-corrected chi connectivity index (χ0v) is 12.7. The molecule has 3 nitrogen and oxygen atoms in total. The Kier molecular flexibility index (Phi) is 3.68. The highest BCUT2D eigenvalue weighted by Crippen LogP contribution is 2.38. The Bertz CT molecular complexity index is 636. The lowest BCUT2D eigenvalue weighted by molar-refractivity contribution is 0.406. The van der Waals surface area contributed by atoms with Gasteiger partial charge in [0, 0.05) is 23.9 Å². The number of fused-ring (bicyclic) bond motifs is 1. The smallest absolute Gasteiger partial charge is 0.119 e. The summed E-state index contributed by atoms with van der Waals surface area (Å²) in [5.41, 5.74) is 11.2. The van der Waals surface area contributed by atoms with Gasteiger partial charge in [-0.3, -0.25) is 4.98 Å². The fraction of sp³-hybridized carbons (Fsp3) is 0.389. The van der Waals surface area contributed by atoms with Crippen LogP contribution in [0.4, 0.5) is 0 Å². The Morgan fingerprint density at radius 1 is 1.29 bits per heavy atom. The molecule has 21 heavy (non-hydrogen) atoms. The summed E-state index contributed by atoms with van der Waals surface area (Å²) in [6, 6.07) is 10.5. The zero-order valence-electron chi connectivity index (χ0n) is 12.7. The molecule has 0 amide bonds. The summed E-state index contributed by atoms with van der Waals surface area (Å²) in [4.78, 5) is 4.56. The molecule has 2 aromatic rings. The highest BCUT2D eigenvalue weighted by Gasteiger charge is 2.35. The Balaban J connectivity index is 1.89. The largest absolute Gasteiger partial charge is 0.497 e. The Labute approximate surface area is 126 Å². The highest BCUT2D eigenvalue weighted by molar-refractivity contribution is 5.44. The van der Waals surface area contributed by atoms with Crippen LogP contribution in [0.15, 0.2) is 36.5 Å². The number of methoxy groups -OCH3 is 1. The lowest BCUT2D eigenvalue weighted by Crippen LogP contribution is -2.36. The minimum Gasteiger partial charge on any atom is -0.497 e. The molecular formula is C18H22N2O. The minimum atomic E-state index is -0.329.